The number of para-hydroxylation sites is 1. The maximum Gasteiger partial charge on any atom is 0.211 e. The second-order valence-corrected chi connectivity index (χ2v) is 4.94. The number of ether oxygens (including phenoxy) is 1. The minimum atomic E-state index is -0.360. The molecule has 0 radical (unpaired) electrons. The summed E-state index contributed by atoms with van der Waals surface area (Å²) >= 11 is 0. The van der Waals surface area contributed by atoms with E-state index in [0.29, 0.717) is 18.2 Å². The molecule has 0 spiro atoms. The SMILES string of the molecule is CCOC(C(=O)c1cnnn1-c1ccccc1)C1CC1. The number of ketones is 1. The molecule has 5 heteroatoms. The first kappa shape index (κ1) is 13.0. The van der Waals surface area contributed by atoms with Gasteiger partial charge in [0.15, 0.2) is 0 Å². The average molecular weight is 271 g/mol. The quantitative estimate of drug-likeness (QED) is 0.756. The zero-order valence-corrected chi connectivity index (χ0v) is 11.4. The summed E-state index contributed by atoms with van der Waals surface area (Å²) in [6.07, 6.45) is 3.28. The van der Waals surface area contributed by atoms with Gasteiger partial charge in [0.1, 0.15) is 11.8 Å². The Kier molecular flexibility index (Phi) is 3.60. The van der Waals surface area contributed by atoms with Crippen LogP contribution in [0, 0.1) is 5.92 Å². The molecule has 1 aliphatic carbocycles. The summed E-state index contributed by atoms with van der Waals surface area (Å²) in [5.41, 5.74) is 1.32. The number of aromatic nitrogens is 3. The fraction of sp³-hybridized carbons (Fsp3) is 0.400. The van der Waals surface area contributed by atoms with Gasteiger partial charge in [0.25, 0.3) is 0 Å². The van der Waals surface area contributed by atoms with Gasteiger partial charge in [0, 0.05) is 6.61 Å². The van der Waals surface area contributed by atoms with Gasteiger partial charge in [-0.15, -0.1) is 5.10 Å². The van der Waals surface area contributed by atoms with Crippen LogP contribution in [0.2, 0.25) is 0 Å². The molecule has 20 heavy (non-hydrogen) atoms. The van der Waals surface area contributed by atoms with Crippen LogP contribution in [0.5, 0.6) is 0 Å². The topological polar surface area (TPSA) is 57.0 Å². The Morgan fingerprint density at radius 2 is 2.15 bits per heavy atom. The van der Waals surface area contributed by atoms with Crippen LogP contribution in [0.15, 0.2) is 36.5 Å². The summed E-state index contributed by atoms with van der Waals surface area (Å²) in [6.45, 7) is 2.45. The molecule has 0 N–H and O–H groups in total. The zero-order valence-electron chi connectivity index (χ0n) is 11.4. The molecular weight excluding hydrogens is 254 g/mol. The van der Waals surface area contributed by atoms with Gasteiger partial charge in [0.2, 0.25) is 5.78 Å². The monoisotopic (exact) mass is 271 g/mol. The summed E-state index contributed by atoms with van der Waals surface area (Å²) in [4.78, 5) is 12.6. The van der Waals surface area contributed by atoms with Crippen molar-refractivity contribution >= 4 is 5.78 Å². The van der Waals surface area contributed by atoms with Gasteiger partial charge in [-0.2, -0.15) is 0 Å². The van der Waals surface area contributed by atoms with Crippen molar-refractivity contribution in [1.29, 1.82) is 0 Å². The maximum absolute atomic E-state index is 12.6. The second-order valence-electron chi connectivity index (χ2n) is 4.94. The Bertz CT molecular complexity index is 590. The van der Waals surface area contributed by atoms with Crippen LogP contribution >= 0.6 is 0 Å². The van der Waals surface area contributed by atoms with Crippen LogP contribution in [0.25, 0.3) is 5.69 Å². The van der Waals surface area contributed by atoms with Gasteiger partial charge in [-0.25, -0.2) is 4.68 Å². The summed E-state index contributed by atoms with van der Waals surface area (Å²) in [5.74, 6) is 0.324. The van der Waals surface area contributed by atoms with Crippen molar-refractivity contribution in [1.82, 2.24) is 15.0 Å². The molecule has 1 heterocycles. The fourth-order valence-electron chi connectivity index (χ4n) is 2.31. The lowest BCUT2D eigenvalue weighted by molar-refractivity contribution is 0.0368. The number of carbonyl (C=O) groups excluding carboxylic acids is 1. The second kappa shape index (κ2) is 5.54. The molecule has 0 saturated heterocycles. The van der Waals surface area contributed by atoms with Crippen LogP contribution < -0.4 is 0 Å². The van der Waals surface area contributed by atoms with Crippen molar-refractivity contribution in [3.63, 3.8) is 0 Å². The molecule has 3 rings (SSSR count). The van der Waals surface area contributed by atoms with Gasteiger partial charge in [-0.05, 0) is 37.8 Å². The van der Waals surface area contributed by atoms with E-state index in [1.54, 1.807) is 4.68 Å². The van der Waals surface area contributed by atoms with Crippen molar-refractivity contribution in [2.45, 2.75) is 25.9 Å². The van der Waals surface area contributed by atoms with Crippen LogP contribution in [-0.2, 0) is 4.74 Å². The molecule has 0 aliphatic heterocycles. The molecule has 1 aromatic heterocycles. The molecule has 0 bridgehead atoms. The van der Waals surface area contributed by atoms with E-state index in [-0.39, 0.29) is 11.9 Å². The summed E-state index contributed by atoms with van der Waals surface area (Å²) < 4.78 is 7.20. The number of hydrogen-bond donors (Lipinski definition) is 0. The summed E-state index contributed by atoms with van der Waals surface area (Å²) in [5, 5.41) is 7.90. The highest BCUT2D eigenvalue weighted by atomic mass is 16.5. The first-order valence-electron chi connectivity index (χ1n) is 6.93. The Morgan fingerprint density at radius 1 is 1.40 bits per heavy atom. The smallest absolute Gasteiger partial charge is 0.211 e. The van der Waals surface area contributed by atoms with Crippen LogP contribution in [0.1, 0.15) is 30.3 Å². The van der Waals surface area contributed by atoms with Crippen molar-refractivity contribution in [3.8, 4) is 5.69 Å². The van der Waals surface area contributed by atoms with E-state index in [2.05, 4.69) is 10.3 Å². The third kappa shape index (κ3) is 2.49. The van der Waals surface area contributed by atoms with E-state index in [9.17, 15) is 4.79 Å². The van der Waals surface area contributed by atoms with Crippen molar-refractivity contribution < 1.29 is 9.53 Å². The van der Waals surface area contributed by atoms with E-state index < -0.39 is 0 Å². The molecule has 104 valence electrons. The van der Waals surface area contributed by atoms with E-state index >= 15 is 0 Å². The Morgan fingerprint density at radius 3 is 2.80 bits per heavy atom. The maximum atomic E-state index is 12.6. The normalized spacial score (nSPS) is 16.1. The van der Waals surface area contributed by atoms with Gasteiger partial charge < -0.3 is 4.74 Å². The lowest BCUT2D eigenvalue weighted by Gasteiger charge is -2.15. The lowest BCUT2D eigenvalue weighted by Crippen LogP contribution is -2.28. The average Bonchev–Trinajstić information content (AvgIpc) is 3.20. The van der Waals surface area contributed by atoms with Crippen molar-refractivity contribution in [2.24, 2.45) is 5.92 Å². The number of benzene rings is 1. The molecule has 1 aliphatic rings. The van der Waals surface area contributed by atoms with Crippen molar-refractivity contribution in [2.75, 3.05) is 6.61 Å². The molecule has 1 fully saturated rings. The first-order chi connectivity index (χ1) is 9.81. The predicted octanol–water partition coefficient (Wildman–Crippen LogP) is 2.27. The van der Waals surface area contributed by atoms with Crippen LogP contribution in [0.4, 0.5) is 0 Å². The standard InChI is InChI=1S/C15H17N3O2/c1-2-20-15(11-8-9-11)14(19)13-10-16-17-18(13)12-6-4-3-5-7-12/h3-7,10-11,15H,2,8-9H2,1H3. The number of hydrogen-bond acceptors (Lipinski definition) is 4. The van der Waals surface area contributed by atoms with E-state index in [1.807, 2.05) is 37.3 Å². The minimum Gasteiger partial charge on any atom is -0.370 e. The summed E-state index contributed by atoms with van der Waals surface area (Å²) in [7, 11) is 0. The molecule has 1 saturated carbocycles. The molecule has 1 unspecified atom stereocenters. The lowest BCUT2D eigenvalue weighted by atomic mass is 10.1. The highest BCUT2D eigenvalue weighted by Crippen LogP contribution is 2.35. The summed E-state index contributed by atoms with van der Waals surface area (Å²) in [6, 6.07) is 9.55. The molecule has 0 amide bonds. The third-order valence-corrected chi connectivity index (χ3v) is 3.46. The zero-order chi connectivity index (χ0) is 13.9. The molecule has 2 aromatic rings. The molecule has 1 atom stereocenters. The first-order valence-corrected chi connectivity index (χ1v) is 6.93. The minimum absolute atomic E-state index is 0.0248. The number of carbonyl (C=O) groups is 1. The fourth-order valence-corrected chi connectivity index (χ4v) is 2.31. The van der Waals surface area contributed by atoms with Gasteiger partial charge in [-0.3, -0.25) is 4.79 Å². The van der Waals surface area contributed by atoms with Crippen LogP contribution in [-0.4, -0.2) is 33.5 Å². The number of Topliss-reactive ketones (excluding diaryl/α,β-unsaturated/α-hetero) is 1. The predicted molar refractivity (Wildman–Crippen MR) is 73.8 cm³/mol. The van der Waals surface area contributed by atoms with Crippen molar-refractivity contribution in [3.05, 3.63) is 42.2 Å². The Balaban J connectivity index is 1.90. The van der Waals surface area contributed by atoms with E-state index in [0.717, 1.165) is 18.5 Å². The number of nitrogens with zero attached hydrogens (tertiary/aromatic N) is 3. The molecule has 1 aromatic carbocycles. The third-order valence-electron chi connectivity index (χ3n) is 3.46. The Labute approximate surface area is 117 Å². The Hall–Kier alpha value is -2.01. The van der Waals surface area contributed by atoms with Gasteiger partial charge >= 0.3 is 0 Å². The van der Waals surface area contributed by atoms with E-state index in [4.69, 9.17) is 4.74 Å². The highest BCUT2D eigenvalue weighted by Gasteiger charge is 2.38. The van der Waals surface area contributed by atoms with Gasteiger partial charge in [-0.1, -0.05) is 23.4 Å². The van der Waals surface area contributed by atoms with Crippen LogP contribution in [0.3, 0.4) is 0 Å². The number of rotatable bonds is 6. The highest BCUT2D eigenvalue weighted by molar-refractivity contribution is 5.98. The van der Waals surface area contributed by atoms with Gasteiger partial charge in [0.05, 0.1) is 11.9 Å². The largest absolute Gasteiger partial charge is 0.370 e. The van der Waals surface area contributed by atoms with E-state index in [1.165, 1.54) is 6.20 Å². The molecular formula is C15H17N3O2. The molecule has 5 nitrogen and oxygen atoms in total.